The van der Waals surface area contributed by atoms with Gasteiger partial charge in [0.25, 0.3) is 0 Å². The molecule has 3 aliphatic rings. The van der Waals surface area contributed by atoms with E-state index in [1.807, 2.05) is 4.90 Å². The van der Waals surface area contributed by atoms with Gasteiger partial charge in [-0.3, -0.25) is 4.79 Å². The van der Waals surface area contributed by atoms with Crippen LogP contribution in [-0.4, -0.2) is 36.5 Å². The van der Waals surface area contributed by atoms with E-state index >= 15 is 0 Å². The largest absolute Gasteiger partial charge is 0.365 e. The van der Waals surface area contributed by atoms with Crippen molar-refractivity contribution in [1.82, 2.24) is 10.2 Å². The van der Waals surface area contributed by atoms with Crippen molar-refractivity contribution in [3.63, 3.8) is 0 Å². The maximum atomic E-state index is 12.7. The van der Waals surface area contributed by atoms with Gasteiger partial charge in [-0.25, -0.2) is 0 Å². The Morgan fingerprint density at radius 3 is 2.87 bits per heavy atom. The van der Waals surface area contributed by atoms with Crippen LogP contribution in [0, 0.1) is 5.92 Å². The van der Waals surface area contributed by atoms with E-state index in [1.54, 1.807) is 0 Å². The van der Waals surface area contributed by atoms with Crippen LogP contribution in [0.4, 0.5) is 0 Å². The van der Waals surface area contributed by atoms with Crippen LogP contribution in [0.1, 0.15) is 43.7 Å². The van der Waals surface area contributed by atoms with E-state index in [4.69, 9.17) is 4.74 Å². The van der Waals surface area contributed by atoms with Crippen LogP contribution >= 0.6 is 0 Å². The highest BCUT2D eigenvalue weighted by Gasteiger charge is 2.44. The molecule has 0 aromatic heterocycles. The van der Waals surface area contributed by atoms with Crippen molar-refractivity contribution in [1.29, 1.82) is 0 Å². The zero-order chi connectivity index (χ0) is 15.9. The number of ether oxygens (including phenoxy) is 1. The molecule has 1 aromatic rings. The Hall–Kier alpha value is -1.39. The van der Waals surface area contributed by atoms with E-state index in [1.165, 1.54) is 11.1 Å². The zero-order valence-electron chi connectivity index (χ0n) is 13.9. The van der Waals surface area contributed by atoms with Gasteiger partial charge in [0, 0.05) is 13.1 Å². The van der Waals surface area contributed by atoms with Crippen molar-refractivity contribution in [2.75, 3.05) is 19.6 Å². The van der Waals surface area contributed by atoms with Gasteiger partial charge < -0.3 is 15.0 Å². The van der Waals surface area contributed by atoms with Gasteiger partial charge in [0.2, 0.25) is 5.91 Å². The molecule has 1 aromatic carbocycles. The van der Waals surface area contributed by atoms with E-state index in [9.17, 15) is 4.79 Å². The molecular weight excluding hydrogens is 288 g/mol. The lowest BCUT2D eigenvalue weighted by atomic mass is 9.83. The standard InChI is InChI=1S/C19H26N2O2/c1-2-14-11-17(20-12-14)18(22)21-9-7-19(8-10-21)16-6-4-3-5-15(16)13-23-19/h3-6,14,17,20H,2,7-13H2,1H3/t14-,17-/m0/s1. The summed E-state index contributed by atoms with van der Waals surface area (Å²) in [5.41, 5.74) is 2.51. The van der Waals surface area contributed by atoms with Crippen molar-refractivity contribution >= 4 is 5.91 Å². The van der Waals surface area contributed by atoms with Crippen LogP contribution in [-0.2, 0) is 21.7 Å². The average molecular weight is 314 g/mol. The van der Waals surface area contributed by atoms with Crippen LogP contribution < -0.4 is 5.32 Å². The van der Waals surface area contributed by atoms with Crippen LogP contribution in [0.3, 0.4) is 0 Å². The highest BCUT2D eigenvalue weighted by Crippen LogP contribution is 2.44. The summed E-state index contributed by atoms with van der Waals surface area (Å²) in [5, 5.41) is 3.41. The second kappa shape index (κ2) is 5.91. The minimum Gasteiger partial charge on any atom is -0.365 e. The first-order chi connectivity index (χ1) is 11.2. The van der Waals surface area contributed by atoms with E-state index in [2.05, 4.69) is 36.5 Å². The molecule has 0 radical (unpaired) electrons. The summed E-state index contributed by atoms with van der Waals surface area (Å²) >= 11 is 0. The third-order valence-corrected chi connectivity index (χ3v) is 5.99. The smallest absolute Gasteiger partial charge is 0.239 e. The van der Waals surface area contributed by atoms with Crippen molar-refractivity contribution in [2.45, 2.75) is 50.9 Å². The van der Waals surface area contributed by atoms with Gasteiger partial charge in [-0.05, 0) is 42.9 Å². The fourth-order valence-corrected chi connectivity index (χ4v) is 4.41. The number of rotatable bonds is 2. The SMILES string of the molecule is CC[C@@H]1CN[C@H](C(=O)N2CCC3(CC2)OCc2ccccc23)C1. The third-order valence-electron chi connectivity index (χ3n) is 5.99. The van der Waals surface area contributed by atoms with Crippen molar-refractivity contribution in [2.24, 2.45) is 5.92 Å². The van der Waals surface area contributed by atoms with Gasteiger partial charge >= 0.3 is 0 Å². The number of hydrogen-bond donors (Lipinski definition) is 1. The molecule has 0 unspecified atom stereocenters. The van der Waals surface area contributed by atoms with Gasteiger partial charge in [-0.2, -0.15) is 0 Å². The molecule has 2 fully saturated rings. The molecule has 2 atom stereocenters. The monoisotopic (exact) mass is 314 g/mol. The Kier molecular flexibility index (Phi) is 3.90. The summed E-state index contributed by atoms with van der Waals surface area (Å²) in [6.07, 6.45) is 3.99. The average Bonchev–Trinajstić information content (AvgIpc) is 3.21. The number of likely N-dealkylation sites (tertiary alicyclic amines) is 1. The molecule has 1 amide bonds. The molecule has 0 saturated carbocycles. The third kappa shape index (κ3) is 2.58. The Labute approximate surface area is 138 Å². The molecule has 4 rings (SSSR count). The number of piperidine rings is 1. The Morgan fingerprint density at radius 2 is 2.13 bits per heavy atom. The summed E-state index contributed by atoms with van der Waals surface area (Å²) in [6.45, 7) is 5.52. The molecule has 1 spiro atoms. The minimum absolute atomic E-state index is 0.0331. The van der Waals surface area contributed by atoms with Crippen LogP contribution in [0.15, 0.2) is 24.3 Å². The first-order valence-corrected chi connectivity index (χ1v) is 8.96. The Balaban J connectivity index is 1.41. The van der Waals surface area contributed by atoms with E-state index in [0.29, 0.717) is 18.4 Å². The molecular formula is C19H26N2O2. The molecule has 2 saturated heterocycles. The summed E-state index contributed by atoms with van der Waals surface area (Å²) in [6, 6.07) is 8.57. The zero-order valence-corrected chi connectivity index (χ0v) is 13.9. The van der Waals surface area contributed by atoms with Gasteiger partial charge in [0.15, 0.2) is 0 Å². The fraction of sp³-hybridized carbons (Fsp3) is 0.632. The molecule has 0 aliphatic carbocycles. The maximum absolute atomic E-state index is 12.7. The lowest BCUT2D eigenvalue weighted by Crippen LogP contribution is -2.50. The summed E-state index contributed by atoms with van der Waals surface area (Å²) < 4.78 is 6.19. The quantitative estimate of drug-likeness (QED) is 0.911. The Bertz CT molecular complexity index is 593. The number of amides is 1. The van der Waals surface area contributed by atoms with Crippen molar-refractivity contribution in [3.8, 4) is 0 Å². The lowest BCUT2D eigenvalue weighted by Gasteiger charge is -2.40. The van der Waals surface area contributed by atoms with E-state index in [0.717, 1.165) is 45.3 Å². The topological polar surface area (TPSA) is 41.6 Å². The van der Waals surface area contributed by atoms with Gasteiger partial charge in [0.05, 0.1) is 18.2 Å². The van der Waals surface area contributed by atoms with Crippen molar-refractivity contribution < 1.29 is 9.53 Å². The highest BCUT2D eigenvalue weighted by molar-refractivity contribution is 5.82. The number of carbonyl (C=O) groups is 1. The summed E-state index contributed by atoms with van der Waals surface area (Å²) in [4.78, 5) is 14.8. The normalized spacial score (nSPS) is 29.0. The number of carbonyl (C=O) groups excluding carboxylic acids is 1. The molecule has 4 nitrogen and oxygen atoms in total. The number of nitrogens with one attached hydrogen (secondary N) is 1. The van der Waals surface area contributed by atoms with E-state index < -0.39 is 0 Å². The number of fused-ring (bicyclic) bond motifs is 2. The molecule has 4 heteroatoms. The Morgan fingerprint density at radius 1 is 1.35 bits per heavy atom. The molecule has 3 heterocycles. The molecule has 23 heavy (non-hydrogen) atoms. The van der Waals surface area contributed by atoms with E-state index in [-0.39, 0.29) is 11.6 Å². The van der Waals surface area contributed by atoms with Gasteiger partial charge in [-0.15, -0.1) is 0 Å². The maximum Gasteiger partial charge on any atom is 0.239 e. The number of hydrogen-bond acceptors (Lipinski definition) is 3. The van der Waals surface area contributed by atoms with Crippen molar-refractivity contribution in [3.05, 3.63) is 35.4 Å². The molecule has 124 valence electrons. The van der Waals surface area contributed by atoms with Crippen LogP contribution in [0.25, 0.3) is 0 Å². The molecule has 0 bridgehead atoms. The van der Waals surface area contributed by atoms with Crippen LogP contribution in [0.2, 0.25) is 0 Å². The first-order valence-electron chi connectivity index (χ1n) is 8.96. The predicted molar refractivity (Wildman–Crippen MR) is 88.9 cm³/mol. The lowest BCUT2D eigenvalue weighted by molar-refractivity contribution is -0.140. The minimum atomic E-state index is -0.150. The second-order valence-corrected chi connectivity index (χ2v) is 7.24. The fourth-order valence-electron chi connectivity index (χ4n) is 4.41. The summed E-state index contributed by atoms with van der Waals surface area (Å²) in [5.74, 6) is 0.951. The van der Waals surface area contributed by atoms with Gasteiger partial charge in [-0.1, -0.05) is 37.6 Å². The molecule has 3 aliphatic heterocycles. The number of benzene rings is 1. The summed E-state index contributed by atoms with van der Waals surface area (Å²) in [7, 11) is 0. The number of nitrogens with zero attached hydrogens (tertiary/aromatic N) is 1. The first kappa shape index (κ1) is 15.2. The highest BCUT2D eigenvalue weighted by atomic mass is 16.5. The van der Waals surface area contributed by atoms with Gasteiger partial charge in [0.1, 0.15) is 0 Å². The second-order valence-electron chi connectivity index (χ2n) is 7.24. The molecule has 1 N–H and O–H groups in total. The van der Waals surface area contributed by atoms with Crippen LogP contribution in [0.5, 0.6) is 0 Å². The predicted octanol–water partition coefficient (Wildman–Crippen LogP) is 2.42.